The molecule has 0 aromatic heterocycles. The Morgan fingerprint density at radius 3 is 2.31 bits per heavy atom. The molecule has 6 nitrogen and oxygen atoms in total. The number of amides is 1. The molecule has 0 bridgehead atoms. The molecule has 1 aliphatic rings. The van der Waals surface area contributed by atoms with Gasteiger partial charge in [-0.3, -0.25) is 9.10 Å². The van der Waals surface area contributed by atoms with E-state index in [1.807, 2.05) is 37.3 Å². The zero-order valence-corrected chi connectivity index (χ0v) is 18.4. The Hall–Kier alpha value is -2.25. The van der Waals surface area contributed by atoms with E-state index in [1.165, 1.54) is 4.31 Å². The van der Waals surface area contributed by atoms with Gasteiger partial charge in [0.1, 0.15) is 6.04 Å². The lowest BCUT2D eigenvalue weighted by atomic mass is 10.2. The molecular formula is C21H26ClN3O3S. The predicted octanol–water partition coefficient (Wildman–Crippen LogP) is 3.15. The van der Waals surface area contributed by atoms with Crippen LogP contribution in [0.3, 0.4) is 0 Å². The number of aryl methyl sites for hydroxylation is 1. The zero-order valence-electron chi connectivity index (χ0n) is 16.9. The van der Waals surface area contributed by atoms with Gasteiger partial charge in [-0.05, 0) is 49.7 Å². The second-order valence-electron chi connectivity index (χ2n) is 7.37. The van der Waals surface area contributed by atoms with Crippen LogP contribution in [0.4, 0.5) is 11.4 Å². The molecular weight excluding hydrogens is 410 g/mol. The molecule has 1 fully saturated rings. The summed E-state index contributed by atoms with van der Waals surface area (Å²) in [4.78, 5) is 17.0. The van der Waals surface area contributed by atoms with Crippen molar-refractivity contribution < 1.29 is 13.2 Å². The average molecular weight is 436 g/mol. The monoisotopic (exact) mass is 435 g/mol. The van der Waals surface area contributed by atoms with Gasteiger partial charge in [-0.15, -0.1) is 0 Å². The van der Waals surface area contributed by atoms with E-state index in [1.54, 1.807) is 30.0 Å². The molecule has 1 unspecified atom stereocenters. The summed E-state index contributed by atoms with van der Waals surface area (Å²) in [6, 6.07) is 14.0. The molecule has 3 rings (SSSR count). The highest BCUT2D eigenvalue weighted by Gasteiger charge is 2.33. The second-order valence-corrected chi connectivity index (χ2v) is 9.66. The van der Waals surface area contributed by atoms with Crippen molar-refractivity contribution >= 4 is 38.9 Å². The smallest absolute Gasteiger partial charge is 0.246 e. The fourth-order valence-corrected chi connectivity index (χ4v) is 5.04. The van der Waals surface area contributed by atoms with Crippen molar-refractivity contribution in [2.24, 2.45) is 0 Å². The van der Waals surface area contributed by atoms with Gasteiger partial charge in [-0.2, -0.15) is 0 Å². The highest BCUT2D eigenvalue weighted by Crippen LogP contribution is 2.24. The number of piperazine rings is 1. The summed E-state index contributed by atoms with van der Waals surface area (Å²) < 4.78 is 26.2. The Morgan fingerprint density at radius 1 is 1.07 bits per heavy atom. The highest BCUT2D eigenvalue weighted by molar-refractivity contribution is 7.92. The molecule has 1 heterocycles. The lowest BCUT2D eigenvalue weighted by Crippen LogP contribution is -2.55. The van der Waals surface area contributed by atoms with E-state index in [9.17, 15) is 13.2 Å². The summed E-state index contributed by atoms with van der Waals surface area (Å²) >= 11 is 6.08. The van der Waals surface area contributed by atoms with Crippen LogP contribution in [0, 0.1) is 6.92 Å². The molecule has 2 aromatic rings. The highest BCUT2D eigenvalue weighted by atomic mass is 35.5. The Morgan fingerprint density at radius 2 is 1.72 bits per heavy atom. The number of carbonyl (C=O) groups excluding carboxylic acids is 1. The van der Waals surface area contributed by atoms with Crippen molar-refractivity contribution in [3.63, 3.8) is 0 Å². The fourth-order valence-electron chi connectivity index (χ4n) is 3.69. The van der Waals surface area contributed by atoms with Crippen molar-refractivity contribution in [2.75, 3.05) is 41.6 Å². The van der Waals surface area contributed by atoms with E-state index in [0.29, 0.717) is 36.9 Å². The summed E-state index contributed by atoms with van der Waals surface area (Å²) in [5.74, 6) is -0.192. The maximum absolute atomic E-state index is 13.1. The Balaban J connectivity index is 1.73. The minimum Gasteiger partial charge on any atom is -0.368 e. The minimum absolute atomic E-state index is 0.192. The van der Waals surface area contributed by atoms with E-state index >= 15 is 0 Å². The van der Waals surface area contributed by atoms with Gasteiger partial charge < -0.3 is 9.80 Å². The lowest BCUT2D eigenvalue weighted by molar-refractivity contribution is -0.132. The second kappa shape index (κ2) is 8.63. The number of sulfonamides is 1. The van der Waals surface area contributed by atoms with Gasteiger partial charge in [0.2, 0.25) is 15.9 Å². The first-order valence-electron chi connectivity index (χ1n) is 9.52. The molecule has 0 N–H and O–H groups in total. The van der Waals surface area contributed by atoms with E-state index < -0.39 is 16.1 Å². The Labute approximate surface area is 177 Å². The quantitative estimate of drug-likeness (QED) is 0.723. The standard InChI is InChI=1S/C21H26ClN3O3S/c1-16-6-4-9-20(14-16)25(29(3,27)28)17(2)21(26)24-12-10-23(11-13-24)19-8-5-7-18(22)15-19/h4-9,14-15,17H,10-13H2,1-3H3. The van der Waals surface area contributed by atoms with Crippen LogP contribution in [0.5, 0.6) is 0 Å². The van der Waals surface area contributed by atoms with Crippen molar-refractivity contribution in [3.05, 3.63) is 59.1 Å². The van der Waals surface area contributed by atoms with Gasteiger partial charge in [-0.25, -0.2) is 8.42 Å². The van der Waals surface area contributed by atoms with E-state index in [2.05, 4.69) is 4.90 Å². The molecule has 8 heteroatoms. The molecule has 1 amide bonds. The molecule has 1 aliphatic heterocycles. The number of benzene rings is 2. The third-order valence-corrected chi connectivity index (χ3v) is 6.56. The zero-order chi connectivity index (χ0) is 21.2. The van der Waals surface area contributed by atoms with Crippen LogP contribution in [-0.2, 0) is 14.8 Å². The number of anilines is 2. The molecule has 1 atom stereocenters. The third kappa shape index (κ3) is 5.03. The van der Waals surface area contributed by atoms with E-state index in [-0.39, 0.29) is 5.91 Å². The van der Waals surface area contributed by atoms with Gasteiger partial charge in [0.25, 0.3) is 0 Å². The molecule has 0 spiro atoms. The van der Waals surface area contributed by atoms with Crippen LogP contribution < -0.4 is 9.21 Å². The maximum Gasteiger partial charge on any atom is 0.246 e. The van der Waals surface area contributed by atoms with E-state index in [0.717, 1.165) is 17.5 Å². The van der Waals surface area contributed by atoms with Crippen LogP contribution in [0.15, 0.2) is 48.5 Å². The lowest BCUT2D eigenvalue weighted by Gasteiger charge is -2.39. The predicted molar refractivity (Wildman–Crippen MR) is 118 cm³/mol. The van der Waals surface area contributed by atoms with Crippen LogP contribution in [0.2, 0.25) is 5.02 Å². The average Bonchev–Trinajstić information content (AvgIpc) is 2.66. The number of halogens is 1. The van der Waals surface area contributed by atoms with Gasteiger partial charge in [0.15, 0.2) is 0 Å². The number of nitrogens with zero attached hydrogens (tertiary/aromatic N) is 3. The van der Waals surface area contributed by atoms with Gasteiger partial charge in [0.05, 0.1) is 11.9 Å². The fraction of sp³-hybridized carbons (Fsp3) is 0.381. The van der Waals surface area contributed by atoms with Crippen molar-refractivity contribution in [2.45, 2.75) is 19.9 Å². The Kier molecular flexibility index (Phi) is 6.39. The molecule has 29 heavy (non-hydrogen) atoms. The summed E-state index contributed by atoms with van der Waals surface area (Å²) in [6.45, 7) is 5.94. The van der Waals surface area contributed by atoms with Crippen molar-refractivity contribution in [3.8, 4) is 0 Å². The Bertz CT molecular complexity index is 988. The van der Waals surface area contributed by atoms with E-state index in [4.69, 9.17) is 11.6 Å². The number of rotatable bonds is 5. The molecule has 0 saturated carbocycles. The largest absolute Gasteiger partial charge is 0.368 e. The first-order chi connectivity index (χ1) is 13.7. The van der Waals surface area contributed by atoms with Gasteiger partial charge >= 0.3 is 0 Å². The molecule has 0 aliphatic carbocycles. The summed E-state index contributed by atoms with van der Waals surface area (Å²) in [5.41, 5.74) is 2.46. The van der Waals surface area contributed by atoms with Crippen molar-refractivity contribution in [1.82, 2.24) is 4.90 Å². The molecule has 156 valence electrons. The van der Waals surface area contributed by atoms with Crippen LogP contribution >= 0.6 is 11.6 Å². The van der Waals surface area contributed by atoms with Gasteiger partial charge in [0, 0.05) is 36.9 Å². The topological polar surface area (TPSA) is 60.9 Å². The summed E-state index contributed by atoms with van der Waals surface area (Å²) in [5, 5.41) is 0.677. The van der Waals surface area contributed by atoms with Crippen LogP contribution in [0.1, 0.15) is 12.5 Å². The SMILES string of the molecule is Cc1cccc(N(C(C)C(=O)N2CCN(c3cccc(Cl)c3)CC2)S(C)(=O)=O)c1. The molecule has 2 aromatic carbocycles. The first-order valence-corrected chi connectivity index (χ1v) is 11.7. The third-order valence-electron chi connectivity index (χ3n) is 5.09. The number of hydrogen-bond donors (Lipinski definition) is 0. The minimum atomic E-state index is -3.62. The first kappa shape index (κ1) is 21.5. The number of hydrogen-bond acceptors (Lipinski definition) is 4. The van der Waals surface area contributed by atoms with Crippen LogP contribution in [0.25, 0.3) is 0 Å². The number of carbonyl (C=O) groups is 1. The maximum atomic E-state index is 13.1. The van der Waals surface area contributed by atoms with Crippen LogP contribution in [-0.4, -0.2) is 57.7 Å². The van der Waals surface area contributed by atoms with Gasteiger partial charge in [-0.1, -0.05) is 29.8 Å². The summed E-state index contributed by atoms with van der Waals surface area (Å²) in [7, 11) is -3.62. The molecule has 0 radical (unpaired) electrons. The molecule has 1 saturated heterocycles. The normalized spacial score (nSPS) is 15.9. The van der Waals surface area contributed by atoms with Crippen molar-refractivity contribution in [1.29, 1.82) is 0 Å². The summed E-state index contributed by atoms with van der Waals surface area (Å²) in [6.07, 6.45) is 1.14.